The summed E-state index contributed by atoms with van der Waals surface area (Å²) < 4.78 is 10.5. The molecule has 0 saturated carbocycles. The first-order valence-corrected chi connectivity index (χ1v) is 7.69. The van der Waals surface area contributed by atoms with Gasteiger partial charge in [0, 0.05) is 6.07 Å². The molecule has 1 N–H and O–H groups in total. The maximum absolute atomic E-state index is 12.3. The van der Waals surface area contributed by atoms with E-state index in [0.29, 0.717) is 18.0 Å². The van der Waals surface area contributed by atoms with Crippen molar-refractivity contribution >= 4 is 11.6 Å². The number of benzene rings is 1. The molecule has 0 aliphatic carbocycles. The highest BCUT2D eigenvalue weighted by Crippen LogP contribution is 2.22. The molecule has 1 heterocycles. The number of carbonyl (C=O) groups is 1. The van der Waals surface area contributed by atoms with Gasteiger partial charge in [-0.2, -0.15) is 0 Å². The zero-order valence-electron chi connectivity index (χ0n) is 13.8. The third-order valence-electron chi connectivity index (χ3n) is 3.34. The molecule has 0 fully saturated rings. The topological polar surface area (TPSA) is 67.6 Å². The molecule has 1 aromatic carbocycles. The molecular formula is C17H23N3O3. The monoisotopic (exact) mass is 317 g/mol. The zero-order chi connectivity index (χ0) is 16.7. The molecular weight excluding hydrogens is 294 g/mol. The second-order valence-electron chi connectivity index (χ2n) is 5.39. The highest BCUT2D eigenvalue weighted by molar-refractivity contribution is 5.93. The van der Waals surface area contributed by atoms with E-state index in [1.807, 2.05) is 42.2 Å². The molecule has 0 spiro atoms. The number of hydrogen-bond donors (Lipinski definition) is 1. The van der Waals surface area contributed by atoms with Crippen molar-refractivity contribution in [3.8, 4) is 5.75 Å². The van der Waals surface area contributed by atoms with Crippen LogP contribution in [-0.2, 0) is 11.3 Å². The molecule has 2 aromatic rings. The lowest BCUT2D eigenvalue weighted by Gasteiger charge is -2.20. The van der Waals surface area contributed by atoms with Crippen LogP contribution < -0.4 is 10.1 Å². The van der Waals surface area contributed by atoms with Gasteiger partial charge in [0.25, 0.3) is 0 Å². The SMILES string of the molecule is CCCN(CC(=O)Nc1ccccc1OC)Cc1cc(C)no1. The predicted molar refractivity (Wildman–Crippen MR) is 88.4 cm³/mol. The van der Waals surface area contributed by atoms with Crippen molar-refractivity contribution < 1.29 is 14.1 Å². The van der Waals surface area contributed by atoms with Crippen molar-refractivity contribution in [3.63, 3.8) is 0 Å². The summed E-state index contributed by atoms with van der Waals surface area (Å²) in [5, 5.41) is 6.77. The van der Waals surface area contributed by atoms with Crippen LogP contribution in [0.5, 0.6) is 5.75 Å². The number of aromatic nitrogens is 1. The van der Waals surface area contributed by atoms with Crippen LogP contribution in [0.15, 0.2) is 34.9 Å². The number of hydrogen-bond acceptors (Lipinski definition) is 5. The zero-order valence-corrected chi connectivity index (χ0v) is 13.8. The second kappa shape index (κ2) is 8.33. The molecule has 1 aromatic heterocycles. The molecule has 0 radical (unpaired) electrons. The molecule has 0 atom stereocenters. The van der Waals surface area contributed by atoms with Gasteiger partial charge in [0.05, 0.1) is 31.6 Å². The van der Waals surface area contributed by atoms with Gasteiger partial charge in [-0.1, -0.05) is 24.2 Å². The van der Waals surface area contributed by atoms with E-state index in [1.54, 1.807) is 7.11 Å². The Hall–Kier alpha value is -2.34. The van der Waals surface area contributed by atoms with Gasteiger partial charge in [-0.05, 0) is 32.0 Å². The Kier molecular flexibility index (Phi) is 6.17. The van der Waals surface area contributed by atoms with Crippen molar-refractivity contribution in [1.82, 2.24) is 10.1 Å². The number of methoxy groups -OCH3 is 1. The number of anilines is 1. The Bertz CT molecular complexity index is 640. The Balaban J connectivity index is 1.97. The number of aryl methyl sites for hydroxylation is 1. The maximum Gasteiger partial charge on any atom is 0.238 e. The molecule has 0 bridgehead atoms. The fraction of sp³-hybridized carbons (Fsp3) is 0.412. The maximum atomic E-state index is 12.3. The smallest absolute Gasteiger partial charge is 0.238 e. The van der Waals surface area contributed by atoms with E-state index < -0.39 is 0 Å². The first-order valence-electron chi connectivity index (χ1n) is 7.69. The number of para-hydroxylation sites is 2. The van der Waals surface area contributed by atoms with Crippen LogP contribution in [0.25, 0.3) is 0 Å². The Labute approximate surface area is 136 Å². The van der Waals surface area contributed by atoms with E-state index >= 15 is 0 Å². The number of amides is 1. The number of rotatable bonds is 8. The summed E-state index contributed by atoms with van der Waals surface area (Å²) in [5.41, 5.74) is 1.52. The van der Waals surface area contributed by atoms with Crippen LogP contribution >= 0.6 is 0 Å². The van der Waals surface area contributed by atoms with Crippen molar-refractivity contribution in [2.45, 2.75) is 26.8 Å². The van der Waals surface area contributed by atoms with Gasteiger partial charge in [0.2, 0.25) is 5.91 Å². The van der Waals surface area contributed by atoms with Crippen LogP contribution in [0, 0.1) is 6.92 Å². The Morgan fingerprint density at radius 1 is 1.39 bits per heavy atom. The minimum atomic E-state index is -0.0841. The molecule has 23 heavy (non-hydrogen) atoms. The molecule has 0 saturated heterocycles. The van der Waals surface area contributed by atoms with Gasteiger partial charge in [0.15, 0.2) is 5.76 Å². The molecule has 1 amide bonds. The minimum absolute atomic E-state index is 0.0841. The van der Waals surface area contributed by atoms with Crippen molar-refractivity contribution in [2.75, 3.05) is 25.5 Å². The molecule has 6 heteroatoms. The van der Waals surface area contributed by atoms with Crippen LogP contribution in [0.3, 0.4) is 0 Å². The molecule has 0 aliphatic heterocycles. The normalized spacial score (nSPS) is 10.8. The minimum Gasteiger partial charge on any atom is -0.495 e. The fourth-order valence-corrected chi connectivity index (χ4v) is 2.38. The lowest BCUT2D eigenvalue weighted by Crippen LogP contribution is -2.33. The summed E-state index contributed by atoms with van der Waals surface area (Å²) in [6.07, 6.45) is 0.953. The van der Waals surface area contributed by atoms with E-state index in [4.69, 9.17) is 9.26 Å². The van der Waals surface area contributed by atoms with Crippen LogP contribution in [0.4, 0.5) is 5.69 Å². The first kappa shape index (κ1) is 17.0. The third-order valence-corrected chi connectivity index (χ3v) is 3.34. The van der Waals surface area contributed by atoms with Gasteiger partial charge in [0.1, 0.15) is 5.75 Å². The highest BCUT2D eigenvalue weighted by atomic mass is 16.5. The van der Waals surface area contributed by atoms with Crippen LogP contribution in [0.2, 0.25) is 0 Å². The number of carbonyl (C=O) groups excluding carboxylic acids is 1. The lowest BCUT2D eigenvalue weighted by molar-refractivity contribution is -0.117. The summed E-state index contributed by atoms with van der Waals surface area (Å²) in [7, 11) is 1.58. The van der Waals surface area contributed by atoms with Gasteiger partial charge in [-0.25, -0.2) is 0 Å². The van der Waals surface area contributed by atoms with E-state index in [1.165, 1.54) is 0 Å². The average Bonchev–Trinajstić information content (AvgIpc) is 2.93. The quantitative estimate of drug-likeness (QED) is 0.811. The van der Waals surface area contributed by atoms with E-state index in [-0.39, 0.29) is 12.5 Å². The lowest BCUT2D eigenvalue weighted by atomic mass is 10.3. The number of nitrogens with zero attached hydrogens (tertiary/aromatic N) is 2. The summed E-state index contributed by atoms with van der Waals surface area (Å²) in [6, 6.07) is 9.25. The predicted octanol–water partition coefficient (Wildman–Crippen LogP) is 2.84. The van der Waals surface area contributed by atoms with Crippen molar-refractivity contribution in [3.05, 3.63) is 41.8 Å². The number of ether oxygens (including phenoxy) is 1. The highest BCUT2D eigenvalue weighted by Gasteiger charge is 2.14. The first-order chi connectivity index (χ1) is 11.1. The molecule has 2 rings (SSSR count). The Morgan fingerprint density at radius 3 is 2.83 bits per heavy atom. The number of nitrogens with one attached hydrogen (secondary N) is 1. The van der Waals surface area contributed by atoms with Crippen LogP contribution in [0.1, 0.15) is 24.8 Å². The van der Waals surface area contributed by atoms with Gasteiger partial charge >= 0.3 is 0 Å². The fourth-order valence-electron chi connectivity index (χ4n) is 2.38. The second-order valence-corrected chi connectivity index (χ2v) is 5.39. The Morgan fingerprint density at radius 2 is 2.17 bits per heavy atom. The largest absolute Gasteiger partial charge is 0.495 e. The molecule has 0 aliphatic rings. The van der Waals surface area contributed by atoms with Crippen molar-refractivity contribution in [1.29, 1.82) is 0 Å². The molecule has 0 unspecified atom stereocenters. The average molecular weight is 317 g/mol. The summed E-state index contributed by atoms with van der Waals surface area (Å²) >= 11 is 0. The summed E-state index contributed by atoms with van der Waals surface area (Å²) in [4.78, 5) is 14.3. The van der Waals surface area contributed by atoms with E-state index in [0.717, 1.165) is 24.4 Å². The third kappa shape index (κ3) is 5.10. The van der Waals surface area contributed by atoms with E-state index in [9.17, 15) is 4.79 Å². The van der Waals surface area contributed by atoms with Gasteiger partial charge in [-0.15, -0.1) is 0 Å². The molecule has 124 valence electrons. The molecule has 6 nitrogen and oxygen atoms in total. The van der Waals surface area contributed by atoms with Crippen molar-refractivity contribution in [2.24, 2.45) is 0 Å². The standard InChI is InChI=1S/C17H23N3O3/c1-4-9-20(11-14-10-13(2)19-23-14)12-17(21)18-15-7-5-6-8-16(15)22-3/h5-8,10H,4,9,11-12H2,1-3H3,(H,18,21). The van der Waals surface area contributed by atoms with Crippen LogP contribution in [-0.4, -0.2) is 36.2 Å². The summed E-state index contributed by atoms with van der Waals surface area (Å²) in [6.45, 7) is 5.61. The van der Waals surface area contributed by atoms with E-state index in [2.05, 4.69) is 17.4 Å². The van der Waals surface area contributed by atoms with Gasteiger partial charge < -0.3 is 14.6 Å². The summed E-state index contributed by atoms with van der Waals surface area (Å²) in [5.74, 6) is 1.33. The van der Waals surface area contributed by atoms with Gasteiger partial charge in [-0.3, -0.25) is 9.69 Å².